The number of benzene rings is 2. The summed E-state index contributed by atoms with van der Waals surface area (Å²) in [6.07, 6.45) is 2.34. The maximum atomic E-state index is 13.4. The van der Waals surface area contributed by atoms with Gasteiger partial charge in [-0.15, -0.1) is 0 Å². The molecule has 1 saturated carbocycles. The molecule has 2 aromatic rings. The molecule has 1 N–H and O–H groups in total. The van der Waals surface area contributed by atoms with Gasteiger partial charge in [-0.2, -0.15) is 0 Å². The fourth-order valence-electron chi connectivity index (χ4n) is 2.21. The Labute approximate surface area is 115 Å². The van der Waals surface area contributed by atoms with Crippen LogP contribution in [0.3, 0.4) is 0 Å². The summed E-state index contributed by atoms with van der Waals surface area (Å²) in [7, 11) is 0. The predicted octanol–water partition coefficient (Wildman–Crippen LogP) is 4.02. The summed E-state index contributed by atoms with van der Waals surface area (Å²) >= 11 is 0. The second-order valence-electron chi connectivity index (χ2n) is 5.07. The molecular formula is C16H14F3N. The number of rotatable bonds is 4. The molecule has 1 aliphatic carbocycles. The number of halogens is 3. The summed E-state index contributed by atoms with van der Waals surface area (Å²) in [6.45, 7) is 0.640. The molecular weight excluding hydrogens is 263 g/mol. The molecule has 20 heavy (non-hydrogen) atoms. The lowest BCUT2D eigenvalue weighted by molar-refractivity contribution is 0.447. The van der Waals surface area contributed by atoms with Gasteiger partial charge in [0.1, 0.15) is 0 Å². The van der Waals surface area contributed by atoms with E-state index in [1.807, 2.05) is 12.1 Å². The van der Waals surface area contributed by atoms with Gasteiger partial charge < -0.3 is 5.32 Å². The first-order valence-electron chi connectivity index (χ1n) is 6.61. The predicted molar refractivity (Wildman–Crippen MR) is 71.6 cm³/mol. The van der Waals surface area contributed by atoms with Crippen LogP contribution in [0.15, 0.2) is 36.4 Å². The lowest BCUT2D eigenvalue weighted by atomic mass is 9.99. The fourth-order valence-corrected chi connectivity index (χ4v) is 2.21. The van der Waals surface area contributed by atoms with Crippen LogP contribution in [0.1, 0.15) is 18.4 Å². The SMILES string of the molecule is Fc1cc(-c2ccccc2CNC2CC2)cc(F)c1F. The summed E-state index contributed by atoms with van der Waals surface area (Å²) in [4.78, 5) is 0. The fraction of sp³-hybridized carbons (Fsp3) is 0.250. The third-order valence-electron chi connectivity index (χ3n) is 3.47. The lowest BCUT2D eigenvalue weighted by Crippen LogP contribution is -2.15. The van der Waals surface area contributed by atoms with Crippen LogP contribution in [0.2, 0.25) is 0 Å². The molecule has 1 aliphatic rings. The monoisotopic (exact) mass is 277 g/mol. The Hall–Kier alpha value is -1.81. The molecule has 0 radical (unpaired) electrons. The molecule has 1 fully saturated rings. The Morgan fingerprint density at radius 1 is 1.00 bits per heavy atom. The van der Waals surface area contributed by atoms with Crippen LogP contribution in [0.5, 0.6) is 0 Å². The minimum Gasteiger partial charge on any atom is -0.310 e. The van der Waals surface area contributed by atoms with Crippen molar-refractivity contribution in [2.24, 2.45) is 0 Å². The van der Waals surface area contributed by atoms with E-state index in [1.165, 1.54) is 12.8 Å². The lowest BCUT2D eigenvalue weighted by Gasteiger charge is -2.11. The van der Waals surface area contributed by atoms with E-state index in [9.17, 15) is 13.2 Å². The van der Waals surface area contributed by atoms with Crippen molar-refractivity contribution in [3.63, 3.8) is 0 Å². The molecule has 0 spiro atoms. The number of hydrogen-bond donors (Lipinski definition) is 1. The highest BCUT2D eigenvalue weighted by atomic mass is 19.2. The Morgan fingerprint density at radius 3 is 2.30 bits per heavy atom. The highest BCUT2D eigenvalue weighted by Gasteiger charge is 2.20. The van der Waals surface area contributed by atoms with Crippen molar-refractivity contribution in [1.29, 1.82) is 0 Å². The first kappa shape index (κ1) is 13.2. The van der Waals surface area contributed by atoms with Gasteiger partial charge in [0.25, 0.3) is 0 Å². The first-order chi connectivity index (χ1) is 9.65. The molecule has 0 atom stereocenters. The van der Waals surface area contributed by atoms with Gasteiger partial charge in [-0.25, -0.2) is 13.2 Å². The van der Waals surface area contributed by atoms with Crippen LogP contribution in [0.25, 0.3) is 11.1 Å². The molecule has 0 saturated heterocycles. The molecule has 2 aromatic carbocycles. The normalized spacial score (nSPS) is 14.6. The molecule has 3 rings (SSSR count). The van der Waals surface area contributed by atoms with Crippen LogP contribution in [0, 0.1) is 17.5 Å². The molecule has 0 heterocycles. The van der Waals surface area contributed by atoms with E-state index >= 15 is 0 Å². The number of hydrogen-bond acceptors (Lipinski definition) is 1. The van der Waals surface area contributed by atoms with Crippen LogP contribution in [0.4, 0.5) is 13.2 Å². The van der Waals surface area contributed by atoms with Gasteiger partial charge in [0.2, 0.25) is 0 Å². The molecule has 4 heteroatoms. The van der Waals surface area contributed by atoms with Crippen molar-refractivity contribution in [2.75, 3.05) is 0 Å². The van der Waals surface area contributed by atoms with Crippen LogP contribution in [-0.2, 0) is 6.54 Å². The maximum absolute atomic E-state index is 13.4. The summed E-state index contributed by atoms with van der Waals surface area (Å²) in [5, 5.41) is 3.36. The topological polar surface area (TPSA) is 12.0 Å². The van der Waals surface area contributed by atoms with E-state index in [0.29, 0.717) is 18.2 Å². The van der Waals surface area contributed by atoms with Gasteiger partial charge in [0, 0.05) is 12.6 Å². The van der Waals surface area contributed by atoms with Gasteiger partial charge in [0.15, 0.2) is 17.5 Å². The van der Waals surface area contributed by atoms with Gasteiger partial charge in [-0.1, -0.05) is 24.3 Å². The van der Waals surface area contributed by atoms with Crippen molar-refractivity contribution >= 4 is 0 Å². The molecule has 104 valence electrons. The van der Waals surface area contributed by atoms with E-state index in [0.717, 1.165) is 23.3 Å². The van der Waals surface area contributed by atoms with Crippen molar-refractivity contribution < 1.29 is 13.2 Å². The Bertz CT molecular complexity index is 612. The smallest absolute Gasteiger partial charge is 0.194 e. The second kappa shape index (κ2) is 5.29. The highest BCUT2D eigenvalue weighted by Crippen LogP contribution is 2.28. The van der Waals surface area contributed by atoms with Crippen molar-refractivity contribution in [3.05, 3.63) is 59.4 Å². The zero-order valence-corrected chi connectivity index (χ0v) is 10.8. The van der Waals surface area contributed by atoms with Gasteiger partial charge in [0.05, 0.1) is 0 Å². The highest BCUT2D eigenvalue weighted by molar-refractivity contribution is 5.67. The van der Waals surface area contributed by atoms with Crippen molar-refractivity contribution in [1.82, 2.24) is 5.32 Å². The van der Waals surface area contributed by atoms with Crippen LogP contribution < -0.4 is 5.32 Å². The van der Waals surface area contributed by atoms with E-state index in [4.69, 9.17) is 0 Å². The van der Waals surface area contributed by atoms with Gasteiger partial charge >= 0.3 is 0 Å². The van der Waals surface area contributed by atoms with E-state index < -0.39 is 17.5 Å². The molecule has 0 aromatic heterocycles. The molecule has 0 bridgehead atoms. The van der Waals surface area contributed by atoms with Gasteiger partial charge in [-0.3, -0.25) is 0 Å². The first-order valence-corrected chi connectivity index (χ1v) is 6.61. The summed E-state index contributed by atoms with van der Waals surface area (Å²) < 4.78 is 39.7. The average molecular weight is 277 g/mol. The largest absolute Gasteiger partial charge is 0.310 e. The molecule has 0 unspecified atom stereocenters. The third kappa shape index (κ3) is 2.70. The van der Waals surface area contributed by atoms with E-state index in [1.54, 1.807) is 12.1 Å². The zero-order valence-electron chi connectivity index (χ0n) is 10.8. The maximum Gasteiger partial charge on any atom is 0.194 e. The minimum absolute atomic E-state index is 0.356. The summed E-state index contributed by atoms with van der Waals surface area (Å²) in [5.74, 6) is -3.75. The quantitative estimate of drug-likeness (QED) is 0.832. The second-order valence-corrected chi connectivity index (χ2v) is 5.07. The Kier molecular flexibility index (Phi) is 3.49. The standard InChI is InChI=1S/C16H14F3N/c17-14-7-11(8-15(18)16(14)19)13-4-2-1-3-10(13)9-20-12-5-6-12/h1-4,7-8,12,20H,5-6,9H2. The van der Waals surface area contributed by atoms with Crippen molar-refractivity contribution in [3.8, 4) is 11.1 Å². The minimum atomic E-state index is -1.43. The Morgan fingerprint density at radius 2 is 1.65 bits per heavy atom. The van der Waals surface area contributed by atoms with Crippen molar-refractivity contribution in [2.45, 2.75) is 25.4 Å². The average Bonchev–Trinajstić information content (AvgIpc) is 3.26. The third-order valence-corrected chi connectivity index (χ3v) is 3.47. The molecule has 0 amide bonds. The summed E-state index contributed by atoms with van der Waals surface area (Å²) in [5.41, 5.74) is 2.03. The number of nitrogens with one attached hydrogen (secondary N) is 1. The van der Waals surface area contributed by atoms with Gasteiger partial charge in [-0.05, 0) is 41.7 Å². The molecule has 0 aliphatic heterocycles. The summed E-state index contributed by atoms with van der Waals surface area (Å²) in [6, 6.07) is 9.99. The van der Waals surface area contributed by atoms with E-state index in [-0.39, 0.29) is 0 Å². The van der Waals surface area contributed by atoms with Crippen LogP contribution in [-0.4, -0.2) is 6.04 Å². The molecule has 1 nitrogen and oxygen atoms in total. The van der Waals surface area contributed by atoms with Crippen LogP contribution >= 0.6 is 0 Å². The van der Waals surface area contributed by atoms with E-state index in [2.05, 4.69) is 5.32 Å². The zero-order chi connectivity index (χ0) is 14.1. The Balaban J connectivity index is 1.96.